The molecule has 282 valence electrons. The zero-order valence-electron chi connectivity index (χ0n) is 31.9. The Morgan fingerprint density at radius 1 is 1.02 bits per heavy atom. The van der Waals surface area contributed by atoms with E-state index in [1.807, 2.05) is 54.8 Å². The number of hydrogen-bond acceptors (Lipinski definition) is 11. The second kappa shape index (κ2) is 16.4. The average Bonchev–Trinajstić information content (AvgIpc) is 3.90. The first-order valence-corrected chi connectivity index (χ1v) is 18.7. The highest BCUT2D eigenvalue weighted by atomic mass is 16.2. The summed E-state index contributed by atoms with van der Waals surface area (Å²) in [6, 6.07) is 14.3. The number of aromatic nitrogens is 5. The molecule has 13 nitrogen and oxygen atoms in total. The van der Waals surface area contributed by atoms with Gasteiger partial charge in [0, 0.05) is 78.2 Å². The summed E-state index contributed by atoms with van der Waals surface area (Å²) in [4.78, 5) is 48.1. The van der Waals surface area contributed by atoms with Crippen LogP contribution in [0.1, 0.15) is 87.4 Å². The van der Waals surface area contributed by atoms with Gasteiger partial charge in [0.25, 0.3) is 0 Å². The van der Waals surface area contributed by atoms with E-state index in [4.69, 9.17) is 9.97 Å². The van der Waals surface area contributed by atoms with Gasteiger partial charge >= 0.3 is 0 Å². The molecular formula is C41H50N10O3. The largest absolute Gasteiger partial charge is 0.383 e. The highest BCUT2D eigenvalue weighted by Gasteiger charge is 2.31. The predicted octanol–water partition coefficient (Wildman–Crippen LogP) is 6.55. The number of nitrogens with zero attached hydrogens (tertiary/aromatic N) is 7. The highest BCUT2D eigenvalue weighted by Crippen LogP contribution is 2.41. The summed E-state index contributed by atoms with van der Waals surface area (Å²) in [7, 11) is 0. The van der Waals surface area contributed by atoms with E-state index in [0.717, 1.165) is 88.6 Å². The van der Waals surface area contributed by atoms with Gasteiger partial charge in [-0.2, -0.15) is 0 Å². The molecule has 3 N–H and O–H groups in total. The van der Waals surface area contributed by atoms with Crippen LogP contribution < -0.4 is 25.8 Å². The fourth-order valence-electron chi connectivity index (χ4n) is 7.18. The van der Waals surface area contributed by atoms with Crippen LogP contribution in [0, 0.1) is 5.92 Å². The third kappa shape index (κ3) is 8.04. The lowest BCUT2D eigenvalue weighted by Gasteiger charge is -2.24. The fourth-order valence-corrected chi connectivity index (χ4v) is 7.18. The van der Waals surface area contributed by atoms with Gasteiger partial charge in [-0.25, -0.2) is 9.97 Å². The predicted molar refractivity (Wildman–Crippen MR) is 214 cm³/mol. The van der Waals surface area contributed by atoms with Gasteiger partial charge in [-0.05, 0) is 76.8 Å². The van der Waals surface area contributed by atoms with Crippen molar-refractivity contribution >= 4 is 52.0 Å². The van der Waals surface area contributed by atoms with Crippen molar-refractivity contribution in [1.29, 1.82) is 0 Å². The number of carbonyl (C=O) groups excluding carboxylic acids is 3. The van der Waals surface area contributed by atoms with Gasteiger partial charge < -0.3 is 25.0 Å². The molecule has 7 rings (SSSR count). The number of imide groups is 1. The topological polar surface area (TPSA) is 150 Å². The summed E-state index contributed by atoms with van der Waals surface area (Å²) in [6.07, 6.45) is 5.23. The number of piperidine rings is 1. The standard InChI is InChI=1S/C35H41N9O.C6H9NO2/c1-7-42-21-38-41-35(42)30-14-9-15-31(39-30)44-20-28-27(24(44)5)19-32(43-18-10-11-23(43)4)40-34(28)37-17-16-36-29-13-8-12-26(25(6)45)33(29)22(2)3;1-4-2-3-5(8)7-6(4)9/h8-9,12-15,19,21,23,36H,2,5,7,10-11,16-18,20H2,1,3-4,6H3,(H,37,40);4H,2-3H2,1H3,(H,7,8,9). The molecule has 2 unspecified atom stereocenters. The van der Waals surface area contributed by atoms with Gasteiger partial charge in [-0.15, -0.1) is 10.2 Å². The van der Waals surface area contributed by atoms with Crippen LogP contribution in [0.15, 0.2) is 61.9 Å². The second-order valence-electron chi connectivity index (χ2n) is 14.2. The van der Waals surface area contributed by atoms with Crippen LogP contribution in [0.5, 0.6) is 0 Å². The first-order chi connectivity index (χ1) is 26.0. The smallest absolute Gasteiger partial charge is 0.229 e. The van der Waals surface area contributed by atoms with Crippen molar-refractivity contribution in [3.8, 4) is 11.5 Å². The molecule has 0 spiro atoms. The Bertz CT molecular complexity index is 2090. The second-order valence-corrected chi connectivity index (χ2v) is 14.2. The van der Waals surface area contributed by atoms with Crippen LogP contribution in [0.2, 0.25) is 0 Å². The molecule has 3 aliphatic heterocycles. The van der Waals surface area contributed by atoms with Crippen molar-refractivity contribution in [3.05, 3.63) is 84.2 Å². The number of allylic oxidation sites excluding steroid dienone is 1. The average molecular weight is 731 g/mol. The first kappa shape index (κ1) is 37.9. The molecule has 13 heteroatoms. The molecule has 1 aromatic carbocycles. The number of hydrogen-bond donors (Lipinski definition) is 3. The maximum absolute atomic E-state index is 12.3. The van der Waals surface area contributed by atoms with Crippen LogP contribution >= 0.6 is 0 Å². The molecule has 0 radical (unpaired) electrons. The Labute approximate surface area is 317 Å². The van der Waals surface area contributed by atoms with E-state index in [0.29, 0.717) is 44.1 Å². The molecule has 2 saturated heterocycles. The van der Waals surface area contributed by atoms with Crippen molar-refractivity contribution < 1.29 is 14.4 Å². The quantitative estimate of drug-likeness (QED) is 0.0876. The molecular weight excluding hydrogens is 681 g/mol. The number of pyridine rings is 2. The number of benzene rings is 1. The lowest BCUT2D eigenvalue weighted by molar-refractivity contribution is -0.135. The van der Waals surface area contributed by atoms with Crippen LogP contribution in [-0.2, 0) is 22.7 Å². The maximum Gasteiger partial charge on any atom is 0.229 e. The Morgan fingerprint density at radius 2 is 1.80 bits per heavy atom. The summed E-state index contributed by atoms with van der Waals surface area (Å²) in [5.74, 6) is 3.14. The fraction of sp³-hybridized carbons (Fsp3) is 0.390. The molecule has 54 heavy (non-hydrogen) atoms. The van der Waals surface area contributed by atoms with E-state index in [9.17, 15) is 14.4 Å². The van der Waals surface area contributed by atoms with Crippen LogP contribution in [0.4, 0.5) is 23.1 Å². The lowest BCUT2D eigenvalue weighted by atomic mass is 9.97. The van der Waals surface area contributed by atoms with Crippen molar-refractivity contribution in [2.45, 2.75) is 79.4 Å². The molecule has 4 aromatic rings. The molecule has 0 bridgehead atoms. The Morgan fingerprint density at radius 3 is 2.48 bits per heavy atom. The highest BCUT2D eigenvalue weighted by molar-refractivity contribution is 6.01. The van der Waals surface area contributed by atoms with Gasteiger partial charge in [0.1, 0.15) is 29.5 Å². The van der Waals surface area contributed by atoms with Crippen LogP contribution in [0.3, 0.4) is 0 Å². The van der Waals surface area contributed by atoms with Crippen molar-refractivity contribution in [2.24, 2.45) is 5.92 Å². The Hall–Kier alpha value is -5.85. The summed E-state index contributed by atoms with van der Waals surface area (Å²) in [5.41, 5.74) is 7.15. The number of amides is 2. The number of Topliss-reactive ketones (excluding diaryl/α,β-unsaturated/α-hetero) is 1. The maximum atomic E-state index is 12.3. The molecule has 2 amide bonds. The summed E-state index contributed by atoms with van der Waals surface area (Å²) >= 11 is 0. The Balaban J connectivity index is 0.000000485. The van der Waals surface area contributed by atoms with Gasteiger partial charge in [-0.1, -0.05) is 38.3 Å². The van der Waals surface area contributed by atoms with Gasteiger partial charge in [0.2, 0.25) is 11.8 Å². The van der Waals surface area contributed by atoms with E-state index in [2.05, 4.69) is 69.0 Å². The third-order valence-electron chi connectivity index (χ3n) is 10.2. The van der Waals surface area contributed by atoms with Crippen molar-refractivity contribution in [1.82, 2.24) is 30.0 Å². The molecule has 3 aromatic heterocycles. The number of rotatable bonds is 11. The SMILES string of the molecule is C=C(C)c1c(NCCNc2nc(N3CCCC3C)cc3c2CN(c2cccc(-c4nncn4CC)n2)C3=C)cccc1C(C)=O.CC1CCC(=O)NC1=O. The molecule has 3 aliphatic rings. The van der Waals surface area contributed by atoms with Gasteiger partial charge in [-0.3, -0.25) is 19.7 Å². The van der Waals surface area contributed by atoms with E-state index in [1.54, 1.807) is 13.3 Å². The summed E-state index contributed by atoms with van der Waals surface area (Å²) in [6.45, 7) is 21.9. The van der Waals surface area contributed by atoms with E-state index in [1.165, 1.54) is 0 Å². The Kier molecular flexibility index (Phi) is 11.5. The van der Waals surface area contributed by atoms with Crippen molar-refractivity contribution in [2.75, 3.05) is 40.1 Å². The normalized spacial score (nSPS) is 17.8. The molecule has 6 heterocycles. The number of anilines is 4. The first-order valence-electron chi connectivity index (χ1n) is 18.7. The van der Waals surface area contributed by atoms with E-state index >= 15 is 0 Å². The van der Waals surface area contributed by atoms with Crippen LogP contribution in [-0.4, -0.2) is 68.0 Å². The third-order valence-corrected chi connectivity index (χ3v) is 10.2. The number of ketones is 1. The van der Waals surface area contributed by atoms with E-state index in [-0.39, 0.29) is 23.5 Å². The molecule has 0 aliphatic carbocycles. The molecule has 0 saturated carbocycles. The van der Waals surface area contributed by atoms with Crippen LogP contribution in [0.25, 0.3) is 22.8 Å². The number of aryl methyl sites for hydroxylation is 1. The number of carbonyl (C=O) groups is 3. The van der Waals surface area contributed by atoms with E-state index < -0.39 is 0 Å². The molecule has 2 atom stereocenters. The van der Waals surface area contributed by atoms with Crippen molar-refractivity contribution in [3.63, 3.8) is 0 Å². The minimum absolute atomic E-state index is 0.0164. The summed E-state index contributed by atoms with van der Waals surface area (Å²) in [5, 5.41) is 17.8. The van der Waals surface area contributed by atoms with Gasteiger partial charge in [0.05, 0.1) is 6.54 Å². The lowest BCUT2D eigenvalue weighted by Crippen LogP contribution is -2.39. The zero-order chi connectivity index (χ0) is 38.5. The zero-order valence-corrected chi connectivity index (χ0v) is 31.9. The molecule has 2 fully saturated rings. The minimum Gasteiger partial charge on any atom is -0.383 e. The monoisotopic (exact) mass is 730 g/mol. The minimum atomic E-state index is -0.141. The van der Waals surface area contributed by atoms with Gasteiger partial charge in [0.15, 0.2) is 11.6 Å². The number of nitrogens with one attached hydrogen (secondary N) is 3. The number of fused-ring (bicyclic) bond motifs is 1. The summed E-state index contributed by atoms with van der Waals surface area (Å²) < 4.78 is 1.98.